The molecule has 2 nitrogen and oxygen atoms in total. The smallest absolute Gasteiger partial charge is 0.142 e. The van der Waals surface area contributed by atoms with E-state index in [0.29, 0.717) is 0 Å². The lowest BCUT2D eigenvalue weighted by Crippen LogP contribution is -2.04. The average molecular weight is 347 g/mol. The molecule has 0 unspecified atom stereocenters. The summed E-state index contributed by atoms with van der Waals surface area (Å²) >= 11 is 6.46. The van der Waals surface area contributed by atoms with Crippen LogP contribution in [0, 0.1) is 13.8 Å². The van der Waals surface area contributed by atoms with Gasteiger partial charge in [0.05, 0.1) is 16.1 Å². The van der Waals surface area contributed by atoms with Crippen molar-refractivity contribution < 1.29 is 0 Å². The first-order chi connectivity index (χ1) is 12.1. The zero-order valence-corrected chi connectivity index (χ0v) is 15.1. The Morgan fingerprint density at radius 3 is 2.52 bits per heavy atom. The predicted molar refractivity (Wildman–Crippen MR) is 105 cm³/mol. The first-order valence-electron chi connectivity index (χ1n) is 8.40. The molecule has 4 rings (SSSR count). The van der Waals surface area contributed by atoms with Gasteiger partial charge in [0.2, 0.25) is 0 Å². The molecule has 0 N–H and O–H groups in total. The van der Waals surface area contributed by atoms with Crippen LogP contribution in [-0.4, -0.2) is 9.55 Å². The number of benzene rings is 3. The molecule has 25 heavy (non-hydrogen) atoms. The zero-order chi connectivity index (χ0) is 17.4. The van der Waals surface area contributed by atoms with Crippen LogP contribution in [0.4, 0.5) is 0 Å². The third-order valence-electron chi connectivity index (χ3n) is 4.60. The fourth-order valence-electron chi connectivity index (χ4n) is 3.22. The van der Waals surface area contributed by atoms with Crippen molar-refractivity contribution in [3.05, 3.63) is 88.4 Å². The third-order valence-corrected chi connectivity index (χ3v) is 4.93. The molecule has 0 saturated carbocycles. The van der Waals surface area contributed by atoms with E-state index in [1.165, 1.54) is 16.7 Å². The van der Waals surface area contributed by atoms with Crippen LogP contribution >= 0.6 is 11.6 Å². The number of nitrogens with zero attached hydrogens (tertiary/aromatic N) is 2. The van der Waals surface area contributed by atoms with Crippen LogP contribution in [0.25, 0.3) is 22.4 Å². The van der Waals surface area contributed by atoms with Crippen LogP contribution in [0.3, 0.4) is 0 Å². The first kappa shape index (κ1) is 15.9. The molecule has 0 bridgehead atoms. The second kappa shape index (κ2) is 6.38. The molecule has 0 amide bonds. The lowest BCUT2D eigenvalue weighted by Gasteiger charge is -2.13. The van der Waals surface area contributed by atoms with Gasteiger partial charge in [0, 0.05) is 12.1 Å². The average Bonchev–Trinajstić information content (AvgIpc) is 2.97. The summed E-state index contributed by atoms with van der Waals surface area (Å²) in [6.45, 7) is 5.06. The number of hydrogen-bond donors (Lipinski definition) is 0. The molecule has 0 fully saturated rings. The highest BCUT2D eigenvalue weighted by molar-refractivity contribution is 6.33. The number of aromatic nitrogens is 2. The molecular weight excluding hydrogens is 328 g/mol. The van der Waals surface area contributed by atoms with E-state index in [1.807, 2.05) is 30.3 Å². The van der Waals surface area contributed by atoms with Gasteiger partial charge in [-0.15, -0.1) is 0 Å². The summed E-state index contributed by atoms with van der Waals surface area (Å²) in [6.07, 6.45) is 0. The Hall–Kier alpha value is -2.58. The van der Waals surface area contributed by atoms with Crippen molar-refractivity contribution >= 4 is 22.6 Å². The van der Waals surface area contributed by atoms with Gasteiger partial charge in [0.15, 0.2) is 0 Å². The molecular formula is C22H19ClN2. The molecule has 124 valence electrons. The number of imidazole rings is 1. The van der Waals surface area contributed by atoms with Crippen molar-refractivity contribution in [3.63, 3.8) is 0 Å². The van der Waals surface area contributed by atoms with Crippen LogP contribution in [0.15, 0.2) is 66.7 Å². The minimum Gasteiger partial charge on any atom is -0.319 e. The minimum atomic E-state index is 0.722. The van der Waals surface area contributed by atoms with Crippen LogP contribution in [0.5, 0.6) is 0 Å². The third kappa shape index (κ3) is 2.94. The van der Waals surface area contributed by atoms with Gasteiger partial charge >= 0.3 is 0 Å². The molecule has 0 saturated heterocycles. The van der Waals surface area contributed by atoms with E-state index in [4.69, 9.17) is 16.6 Å². The normalized spacial score (nSPS) is 11.2. The monoisotopic (exact) mass is 346 g/mol. The Morgan fingerprint density at radius 1 is 0.920 bits per heavy atom. The van der Waals surface area contributed by atoms with E-state index in [0.717, 1.165) is 34.0 Å². The van der Waals surface area contributed by atoms with Gasteiger partial charge < -0.3 is 4.57 Å². The van der Waals surface area contributed by atoms with E-state index in [2.05, 4.69) is 54.8 Å². The van der Waals surface area contributed by atoms with Gasteiger partial charge in [0.1, 0.15) is 5.82 Å². The molecule has 1 heterocycles. The van der Waals surface area contributed by atoms with Gasteiger partial charge in [-0.3, -0.25) is 0 Å². The van der Waals surface area contributed by atoms with Crippen LogP contribution < -0.4 is 0 Å². The molecule has 1 aromatic heterocycles. The Labute approximate surface area is 152 Å². The molecule has 0 spiro atoms. The highest BCUT2D eigenvalue weighted by atomic mass is 35.5. The molecule has 0 radical (unpaired) electrons. The Kier molecular flexibility index (Phi) is 4.06. The van der Waals surface area contributed by atoms with Crippen LogP contribution in [0.2, 0.25) is 5.02 Å². The van der Waals surface area contributed by atoms with Crippen molar-refractivity contribution in [2.45, 2.75) is 20.4 Å². The summed E-state index contributed by atoms with van der Waals surface area (Å²) in [7, 11) is 0. The highest BCUT2D eigenvalue weighted by Gasteiger charge is 2.15. The highest BCUT2D eigenvalue weighted by Crippen LogP contribution is 2.31. The lowest BCUT2D eigenvalue weighted by atomic mass is 10.1. The van der Waals surface area contributed by atoms with Crippen molar-refractivity contribution in [2.24, 2.45) is 0 Å². The number of rotatable bonds is 3. The summed E-state index contributed by atoms with van der Waals surface area (Å²) < 4.78 is 2.26. The van der Waals surface area contributed by atoms with Gasteiger partial charge in [-0.25, -0.2) is 4.98 Å². The van der Waals surface area contributed by atoms with E-state index in [1.54, 1.807) is 0 Å². The Morgan fingerprint density at radius 2 is 1.68 bits per heavy atom. The molecule has 0 aliphatic carbocycles. The molecule has 0 aliphatic heterocycles. The predicted octanol–water partition coefficient (Wildman–Crippen LogP) is 6.02. The van der Waals surface area contributed by atoms with Crippen LogP contribution in [0.1, 0.15) is 16.7 Å². The van der Waals surface area contributed by atoms with Gasteiger partial charge in [-0.2, -0.15) is 0 Å². The zero-order valence-electron chi connectivity index (χ0n) is 14.3. The summed E-state index contributed by atoms with van der Waals surface area (Å²) in [4.78, 5) is 4.87. The van der Waals surface area contributed by atoms with E-state index < -0.39 is 0 Å². The SMILES string of the molecule is Cc1ccc(C)c(Cn2c(-c3ccccc3Cl)nc3ccccc32)c1. The number of para-hydroxylation sites is 2. The van der Waals surface area contributed by atoms with E-state index >= 15 is 0 Å². The Bertz CT molecular complexity index is 1060. The molecule has 0 atom stereocenters. The number of fused-ring (bicyclic) bond motifs is 1. The Balaban J connectivity index is 1.94. The summed E-state index contributed by atoms with van der Waals surface area (Å²) in [5, 5.41) is 0.722. The standard InChI is InChI=1S/C22H19ClN2/c1-15-11-12-16(2)17(13-15)14-25-21-10-6-5-9-20(21)24-22(25)18-7-3-4-8-19(18)23/h3-13H,14H2,1-2H3. The van der Waals surface area contributed by atoms with Gasteiger partial charge in [-0.05, 0) is 49.2 Å². The number of hydrogen-bond acceptors (Lipinski definition) is 1. The summed E-state index contributed by atoms with van der Waals surface area (Å²) in [5.41, 5.74) is 6.93. The van der Waals surface area contributed by atoms with Crippen LogP contribution in [-0.2, 0) is 6.54 Å². The fourth-order valence-corrected chi connectivity index (χ4v) is 3.44. The van der Waals surface area contributed by atoms with E-state index in [9.17, 15) is 0 Å². The summed E-state index contributed by atoms with van der Waals surface area (Å²) in [5.74, 6) is 0.910. The molecule has 3 aromatic carbocycles. The first-order valence-corrected chi connectivity index (χ1v) is 8.77. The minimum absolute atomic E-state index is 0.722. The maximum Gasteiger partial charge on any atom is 0.142 e. The second-order valence-electron chi connectivity index (χ2n) is 6.42. The topological polar surface area (TPSA) is 17.8 Å². The van der Waals surface area contributed by atoms with Crippen molar-refractivity contribution in [1.29, 1.82) is 0 Å². The number of halogens is 1. The summed E-state index contributed by atoms with van der Waals surface area (Å²) in [6, 6.07) is 22.7. The van der Waals surface area contributed by atoms with Crippen molar-refractivity contribution in [3.8, 4) is 11.4 Å². The molecule has 0 aliphatic rings. The van der Waals surface area contributed by atoms with E-state index in [-0.39, 0.29) is 0 Å². The molecule has 4 aromatic rings. The van der Waals surface area contributed by atoms with Crippen molar-refractivity contribution in [2.75, 3.05) is 0 Å². The van der Waals surface area contributed by atoms with Gasteiger partial charge in [0.25, 0.3) is 0 Å². The van der Waals surface area contributed by atoms with Crippen molar-refractivity contribution in [1.82, 2.24) is 9.55 Å². The second-order valence-corrected chi connectivity index (χ2v) is 6.83. The largest absolute Gasteiger partial charge is 0.319 e. The van der Waals surface area contributed by atoms with Gasteiger partial charge in [-0.1, -0.05) is 59.6 Å². The maximum absolute atomic E-state index is 6.46. The quantitative estimate of drug-likeness (QED) is 0.443. The lowest BCUT2D eigenvalue weighted by molar-refractivity contribution is 0.827. The fraction of sp³-hybridized carbons (Fsp3) is 0.136. The maximum atomic E-state index is 6.46. The molecule has 3 heteroatoms. The number of aryl methyl sites for hydroxylation is 2.